The SMILES string of the molecule is CCOc1cc2c(cc1NC(=O)c1ccc(C(N)=O)cc1)O[C@H](C)C2. The van der Waals surface area contributed by atoms with E-state index in [1.165, 1.54) is 12.1 Å². The van der Waals surface area contributed by atoms with E-state index in [0.717, 1.165) is 17.7 Å². The molecular formula is C19H20N2O4. The topological polar surface area (TPSA) is 90.6 Å². The molecule has 1 atom stereocenters. The van der Waals surface area contributed by atoms with E-state index < -0.39 is 5.91 Å². The summed E-state index contributed by atoms with van der Waals surface area (Å²) in [6.45, 7) is 4.38. The number of carbonyl (C=O) groups excluding carboxylic acids is 2. The Morgan fingerprint density at radius 3 is 2.56 bits per heavy atom. The lowest BCUT2D eigenvalue weighted by Crippen LogP contribution is -2.15. The summed E-state index contributed by atoms with van der Waals surface area (Å²) in [6.07, 6.45) is 0.926. The quantitative estimate of drug-likeness (QED) is 0.875. The van der Waals surface area contributed by atoms with Gasteiger partial charge in [0, 0.05) is 29.2 Å². The molecule has 1 aliphatic heterocycles. The molecule has 1 heterocycles. The number of fused-ring (bicyclic) bond motifs is 1. The number of amides is 2. The van der Waals surface area contributed by atoms with Crippen molar-refractivity contribution in [1.82, 2.24) is 0 Å². The van der Waals surface area contributed by atoms with E-state index >= 15 is 0 Å². The third-order valence-electron chi connectivity index (χ3n) is 3.98. The number of nitrogens with one attached hydrogen (secondary N) is 1. The van der Waals surface area contributed by atoms with Crippen molar-refractivity contribution < 1.29 is 19.1 Å². The van der Waals surface area contributed by atoms with Gasteiger partial charge in [-0.3, -0.25) is 9.59 Å². The van der Waals surface area contributed by atoms with Gasteiger partial charge in [0.2, 0.25) is 5.91 Å². The van der Waals surface area contributed by atoms with Crippen LogP contribution in [0.5, 0.6) is 11.5 Å². The predicted molar refractivity (Wildman–Crippen MR) is 94.3 cm³/mol. The zero-order chi connectivity index (χ0) is 18.0. The smallest absolute Gasteiger partial charge is 0.255 e. The van der Waals surface area contributed by atoms with Gasteiger partial charge in [-0.25, -0.2) is 0 Å². The molecule has 0 saturated heterocycles. The van der Waals surface area contributed by atoms with Gasteiger partial charge < -0.3 is 20.5 Å². The van der Waals surface area contributed by atoms with Gasteiger partial charge in [0.25, 0.3) is 5.91 Å². The van der Waals surface area contributed by atoms with Crippen molar-refractivity contribution in [2.45, 2.75) is 26.4 Å². The van der Waals surface area contributed by atoms with E-state index in [0.29, 0.717) is 29.2 Å². The summed E-state index contributed by atoms with van der Waals surface area (Å²) >= 11 is 0. The first-order valence-electron chi connectivity index (χ1n) is 8.15. The summed E-state index contributed by atoms with van der Waals surface area (Å²) in [4.78, 5) is 23.6. The first-order chi connectivity index (χ1) is 12.0. The minimum Gasteiger partial charge on any atom is -0.492 e. The van der Waals surface area contributed by atoms with Crippen molar-refractivity contribution in [2.75, 3.05) is 11.9 Å². The van der Waals surface area contributed by atoms with Crippen LogP contribution in [-0.2, 0) is 6.42 Å². The first-order valence-corrected chi connectivity index (χ1v) is 8.15. The van der Waals surface area contributed by atoms with E-state index in [-0.39, 0.29) is 12.0 Å². The number of anilines is 1. The van der Waals surface area contributed by atoms with Crippen LogP contribution < -0.4 is 20.5 Å². The van der Waals surface area contributed by atoms with Gasteiger partial charge in [-0.1, -0.05) is 0 Å². The van der Waals surface area contributed by atoms with Crippen LogP contribution in [0.2, 0.25) is 0 Å². The molecule has 3 rings (SSSR count). The molecule has 0 saturated carbocycles. The second-order valence-corrected chi connectivity index (χ2v) is 5.92. The van der Waals surface area contributed by atoms with Crippen LogP contribution in [0.25, 0.3) is 0 Å². The van der Waals surface area contributed by atoms with E-state index in [1.807, 2.05) is 19.9 Å². The molecule has 1 aliphatic rings. The Morgan fingerprint density at radius 1 is 1.24 bits per heavy atom. The lowest BCUT2D eigenvalue weighted by atomic mass is 10.1. The van der Waals surface area contributed by atoms with Gasteiger partial charge >= 0.3 is 0 Å². The van der Waals surface area contributed by atoms with E-state index in [1.54, 1.807) is 18.2 Å². The van der Waals surface area contributed by atoms with Crippen molar-refractivity contribution in [3.05, 3.63) is 53.1 Å². The van der Waals surface area contributed by atoms with Gasteiger partial charge in [0.05, 0.1) is 12.3 Å². The van der Waals surface area contributed by atoms with Crippen molar-refractivity contribution >= 4 is 17.5 Å². The number of nitrogens with two attached hydrogens (primary N) is 1. The van der Waals surface area contributed by atoms with E-state index in [2.05, 4.69) is 5.32 Å². The Bertz CT molecular complexity index is 815. The fourth-order valence-electron chi connectivity index (χ4n) is 2.79. The average Bonchev–Trinajstić information content (AvgIpc) is 2.94. The van der Waals surface area contributed by atoms with Crippen LogP contribution >= 0.6 is 0 Å². The Labute approximate surface area is 145 Å². The minimum atomic E-state index is -0.532. The van der Waals surface area contributed by atoms with Crippen molar-refractivity contribution in [2.24, 2.45) is 5.73 Å². The maximum atomic E-state index is 12.5. The zero-order valence-corrected chi connectivity index (χ0v) is 14.2. The Kier molecular flexibility index (Phi) is 4.61. The molecule has 130 valence electrons. The van der Waals surface area contributed by atoms with Crippen molar-refractivity contribution in [3.63, 3.8) is 0 Å². The van der Waals surface area contributed by atoms with Crippen LogP contribution in [0.3, 0.4) is 0 Å². The molecule has 0 bridgehead atoms. The highest BCUT2D eigenvalue weighted by Gasteiger charge is 2.22. The highest BCUT2D eigenvalue weighted by molar-refractivity contribution is 6.05. The molecule has 3 N–H and O–H groups in total. The second kappa shape index (κ2) is 6.84. The van der Waals surface area contributed by atoms with E-state index in [4.69, 9.17) is 15.2 Å². The summed E-state index contributed by atoms with van der Waals surface area (Å²) < 4.78 is 11.4. The fourth-order valence-corrected chi connectivity index (χ4v) is 2.79. The molecule has 0 aromatic heterocycles. The summed E-state index contributed by atoms with van der Waals surface area (Å²) in [7, 11) is 0. The third kappa shape index (κ3) is 3.57. The maximum absolute atomic E-state index is 12.5. The van der Waals surface area contributed by atoms with Crippen LogP contribution in [0.4, 0.5) is 5.69 Å². The third-order valence-corrected chi connectivity index (χ3v) is 3.98. The molecule has 2 amide bonds. The van der Waals surface area contributed by atoms with E-state index in [9.17, 15) is 9.59 Å². The number of hydrogen-bond donors (Lipinski definition) is 2. The molecule has 0 unspecified atom stereocenters. The number of ether oxygens (including phenoxy) is 2. The van der Waals surface area contributed by atoms with Gasteiger partial charge in [-0.15, -0.1) is 0 Å². The molecule has 0 fully saturated rings. The lowest BCUT2D eigenvalue weighted by Gasteiger charge is -2.13. The molecule has 6 nitrogen and oxygen atoms in total. The maximum Gasteiger partial charge on any atom is 0.255 e. The molecule has 2 aromatic rings. The van der Waals surface area contributed by atoms with Crippen molar-refractivity contribution in [1.29, 1.82) is 0 Å². The number of rotatable bonds is 5. The number of benzene rings is 2. The Balaban J connectivity index is 1.85. The summed E-state index contributed by atoms with van der Waals surface area (Å²) in [5, 5.41) is 2.84. The summed E-state index contributed by atoms with van der Waals surface area (Å²) in [6, 6.07) is 9.86. The Morgan fingerprint density at radius 2 is 1.92 bits per heavy atom. The lowest BCUT2D eigenvalue weighted by molar-refractivity contribution is 0.0995. The highest BCUT2D eigenvalue weighted by Crippen LogP contribution is 2.38. The van der Waals surface area contributed by atoms with Gasteiger partial charge in [-0.2, -0.15) is 0 Å². The van der Waals surface area contributed by atoms with Gasteiger partial charge in [-0.05, 0) is 44.2 Å². The minimum absolute atomic E-state index is 0.108. The zero-order valence-electron chi connectivity index (χ0n) is 14.2. The number of primary amides is 1. The fraction of sp³-hybridized carbons (Fsp3) is 0.263. The highest BCUT2D eigenvalue weighted by atomic mass is 16.5. The molecular weight excluding hydrogens is 320 g/mol. The molecule has 6 heteroatoms. The number of hydrogen-bond acceptors (Lipinski definition) is 4. The normalized spacial score (nSPS) is 15.2. The van der Waals surface area contributed by atoms with Crippen LogP contribution in [-0.4, -0.2) is 24.5 Å². The largest absolute Gasteiger partial charge is 0.492 e. The molecule has 25 heavy (non-hydrogen) atoms. The second-order valence-electron chi connectivity index (χ2n) is 5.92. The molecule has 0 radical (unpaired) electrons. The van der Waals surface area contributed by atoms with Crippen molar-refractivity contribution in [3.8, 4) is 11.5 Å². The summed E-state index contributed by atoms with van der Waals surface area (Å²) in [5.74, 6) is 0.537. The summed E-state index contributed by atoms with van der Waals surface area (Å²) in [5.41, 5.74) is 7.61. The predicted octanol–water partition coefficient (Wildman–Crippen LogP) is 2.76. The molecule has 0 aliphatic carbocycles. The monoisotopic (exact) mass is 340 g/mol. The number of carbonyl (C=O) groups is 2. The Hall–Kier alpha value is -3.02. The van der Waals surface area contributed by atoms with Gasteiger partial charge in [0.15, 0.2) is 0 Å². The average molecular weight is 340 g/mol. The standard InChI is InChI=1S/C19H20N2O4/c1-3-24-17-9-14-8-11(2)25-16(14)10-15(17)21-19(23)13-6-4-12(5-7-13)18(20)22/h4-7,9-11H,3,8H2,1-2H3,(H2,20,22)(H,21,23)/t11-/m1/s1. The van der Waals surface area contributed by atoms with Gasteiger partial charge in [0.1, 0.15) is 17.6 Å². The first kappa shape index (κ1) is 16.8. The molecule has 0 spiro atoms. The molecule has 2 aromatic carbocycles. The van der Waals surface area contributed by atoms with Crippen LogP contribution in [0, 0.1) is 0 Å². The van der Waals surface area contributed by atoms with Crippen LogP contribution in [0.15, 0.2) is 36.4 Å². The van der Waals surface area contributed by atoms with Crippen LogP contribution in [0.1, 0.15) is 40.1 Å².